The molecule has 17 nitrogen and oxygen atoms in total. The van der Waals surface area contributed by atoms with E-state index >= 15 is 0 Å². The highest BCUT2D eigenvalue weighted by Gasteiger charge is 2.48. The molecule has 0 spiro atoms. The number of esters is 8. The third-order valence-electron chi connectivity index (χ3n) is 8.19. The average Bonchev–Trinajstić information content (AvgIpc) is 3.17. The minimum absolute atomic E-state index is 0.0292. The largest absolute Gasteiger partial charge is 0.463 e. The number of ether oxygens (including phenoxy) is 9. The molecule has 59 heavy (non-hydrogen) atoms. The van der Waals surface area contributed by atoms with Crippen LogP contribution >= 0.6 is 0 Å². The smallest absolute Gasteiger partial charge is 0.333 e. The van der Waals surface area contributed by atoms with Crippen LogP contribution < -0.4 is 0 Å². The first-order chi connectivity index (χ1) is 27.9. The fourth-order valence-corrected chi connectivity index (χ4v) is 4.90. The molecule has 0 amide bonds. The molecule has 0 aromatic heterocycles. The van der Waals surface area contributed by atoms with Crippen LogP contribution in [-0.2, 0) is 81.0 Å². The van der Waals surface area contributed by atoms with Gasteiger partial charge in [-0.1, -0.05) is 26.3 Å². The molecule has 1 fully saturated rings. The summed E-state index contributed by atoms with van der Waals surface area (Å²) in [7, 11) is 0. The maximum Gasteiger partial charge on any atom is 0.333 e. The Balaban J connectivity index is 3.13. The zero-order chi connectivity index (χ0) is 44.3. The van der Waals surface area contributed by atoms with Crippen LogP contribution in [-0.4, -0.2) is 112 Å². The Hall–Kier alpha value is -5.32. The zero-order valence-electron chi connectivity index (χ0n) is 34.8. The van der Waals surface area contributed by atoms with Gasteiger partial charge in [-0.25, -0.2) is 19.2 Å². The van der Waals surface area contributed by atoms with Crippen LogP contribution in [0, 0.1) is 0 Å². The van der Waals surface area contributed by atoms with Gasteiger partial charge in [-0.15, -0.1) is 0 Å². The van der Waals surface area contributed by atoms with E-state index in [0.717, 1.165) is 0 Å². The maximum atomic E-state index is 13.2. The van der Waals surface area contributed by atoms with Crippen LogP contribution in [0.1, 0.15) is 105 Å². The van der Waals surface area contributed by atoms with Gasteiger partial charge in [-0.2, -0.15) is 0 Å². The quantitative estimate of drug-likeness (QED) is 0.0427. The molecule has 1 unspecified atom stereocenters. The molecular weight excluding hydrogens is 776 g/mol. The lowest BCUT2D eigenvalue weighted by Gasteiger charge is -2.40. The normalized spacial score (nSPS) is 16.9. The number of carbonyl (C=O) groups is 8. The van der Waals surface area contributed by atoms with Crippen molar-refractivity contribution in [2.24, 2.45) is 0 Å². The fraction of sp³-hybridized carbons (Fsp3) is 0.619. The summed E-state index contributed by atoms with van der Waals surface area (Å²) in [6.07, 6.45) is -3.18. The van der Waals surface area contributed by atoms with Crippen LogP contribution in [0.15, 0.2) is 48.6 Å². The van der Waals surface area contributed by atoms with E-state index in [4.69, 9.17) is 42.6 Å². The molecule has 1 aliphatic heterocycles. The topological polar surface area (TPSA) is 220 Å². The maximum absolute atomic E-state index is 13.2. The van der Waals surface area contributed by atoms with E-state index in [9.17, 15) is 38.4 Å². The monoisotopic (exact) mass is 836 g/mol. The van der Waals surface area contributed by atoms with Crippen molar-refractivity contribution in [3.63, 3.8) is 0 Å². The Morgan fingerprint density at radius 3 is 1.12 bits per heavy atom. The molecule has 0 aromatic carbocycles. The molecule has 17 heteroatoms. The Kier molecular flexibility index (Phi) is 25.4. The predicted molar refractivity (Wildman–Crippen MR) is 209 cm³/mol. The van der Waals surface area contributed by atoms with Crippen LogP contribution in [0.3, 0.4) is 0 Å². The molecule has 0 N–H and O–H groups in total. The predicted octanol–water partition coefficient (Wildman–Crippen LogP) is 4.82. The van der Waals surface area contributed by atoms with Gasteiger partial charge in [0.1, 0.15) is 12.7 Å². The van der Waals surface area contributed by atoms with Gasteiger partial charge in [0, 0.05) is 48.0 Å². The number of carbonyl (C=O) groups excluding carboxylic acids is 8. The van der Waals surface area contributed by atoms with Crippen molar-refractivity contribution in [3.05, 3.63) is 48.6 Å². The van der Waals surface area contributed by atoms with Gasteiger partial charge in [0.25, 0.3) is 0 Å². The molecule has 0 saturated carbocycles. The standard InChI is InChI=1S/C42H60O17/c1-27(2)39(47)51-21-13-9-17-33(43)56-25-31-37(58-35(45)19-11-15-23-53-41(49)29(5)6)38(59-36(46)20-12-16-24-54-42(50)30(7)8)32(26-55-31)57-34(44)18-10-14-22-52-40(48)28(3)4/h31-32,37-38H,1,3,5,7,9-26H2,2,4,6,8H3/t31-,32+,37-,38?/m0/s1. The second-order valence-electron chi connectivity index (χ2n) is 14.0. The molecule has 0 aromatic rings. The first kappa shape index (κ1) is 51.7. The van der Waals surface area contributed by atoms with Gasteiger partial charge in [0.2, 0.25) is 0 Å². The number of hydrogen-bond donors (Lipinski definition) is 0. The molecule has 1 aliphatic rings. The third kappa shape index (κ3) is 23.0. The molecule has 0 radical (unpaired) electrons. The molecule has 330 valence electrons. The average molecular weight is 837 g/mol. The van der Waals surface area contributed by atoms with Crippen LogP contribution in [0.25, 0.3) is 0 Å². The molecular formula is C42H60O17. The lowest BCUT2D eigenvalue weighted by atomic mass is 9.99. The summed E-state index contributed by atoms with van der Waals surface area (Å²) >= 11 is 0. The van der Waals surface area contributed by atoms with Gasteiger partial charge < -0.3 is 42.6 Å². The second-order valence-corrected chi connectivity index (χ2v) is 14.0. The lowest BCUT2D eigenvalue weighted by molar-refractivity contribution is -0.233. The molecule has 1 rings (SSSR count). The van der Waals surface area contributed by atoms with Gasteiger partial charge in [-0.3, -0.25) is 19.2 Å². The van der Waals surface area contributed by atoms with Crippen molar-refractivity contribution in [2.75, 3.05) is 39.6 Å². The number of unbranched alkanes of at least 4 members (excludes halogenated alkanes) is 4. The summed E-state index contributed by atoms with van der Waals surface area (Å²) in [5.41, 5.74) is 0.936. The first-order valence-corrected chi connectivity index (χ1v) is 19.6. The summed E-state index contributed by atoms with van der Waals surface area (Å²) in [6.45, 7) is 19.5. The van der Waals surface area contributed by atoms with Crippen molar-refractivity contribution in [1.82, 2.24) is 0 Å². The molecule has 1 saturated heterocycles. The van der Waals surface area contributed by atoms with Crippen LogP contribution in [0.2, 0.25) is 0 Å². The Morgan fingerprint density at radius 1 is 0.441 bits per heavy atom. The van der Waals surface area contributed by atoms with E-state index in [2.05, 4.69) is 26.3 Å². The molecule has 1 heterocycles. The van der Waals surface area contributed by atoms with E-state index < -0.39 is 78.8 Å². The minimum Gasteiger partial charge on any atom is -0.463 e. The van der Waals surface area contributed by atoms with E-state index in [1.807, 2.05) is 0 Å². The third-order valence-corrected chi connectivity index (χ3v) is 8.19. The Bertz CT molecular complexity index is 1510. The summed E-state index contributed by atoms with van der Waals surface area (Å²) in [6, 6.07) is 0. The van der Waals surface area contributed by atoms with Gasteiger partial charge in [0.05, 0.1) is 33.0 Å². The first-order valence-electron chi connectivity index (χ1n) is 19.6. The van der Waals surface area contributed by atoms with Gasteiger partial charge in [0.15, 0.2) is 18.3 Å². The summed E-state index contributed by atoms with van der Waals surface area (Å²) in [5, 5.41) is 0. The Labute approximate surface area is 345 Å². The van der Waals surface area contributed by atoms with E-state index in [1.165, 1.54) is 27.7 Å². The van der Waals surface area contributed by atoms with Crippen molar-refractivity contribution in [1.29, 1.82) is 0 Å². The van der Waals surface area contributed by atoms with Crippen molar-refractivity contribution in [3.8, 4) is 0 Å². The SMILES string of the molecule is C=C(C)C(=O)OCCCCC(=O)OC[C@@H]1OC[C@@H](OC(=O)CCCCOC(=O)C(=C)C)C(OC(=O)CCCCOC(=O)C(=C)C)[C@H]1OC(=O)CCCCOC(=O)C(=C)C. The van der Waals surface area contributed by atoms with Crippen molar-refractivity contribution < 1.29 is 81.0 Å². The highest BCUT2D eigenvalue weighted by atomic mass is 16.7. The van der Waals surface area contributed by atoms with Crippen LogP contribution in [0.5, 0.6) is 0 Å². The van der Waals surface area contributed by atoms with E-state index in [-0.39, 0.29) is 100 Å². The molecule has 0 bridgehead atoms. The Morgan fingerprint density at radius 2 is 0.763 bits per heavy atom. The molecule has 0 aliphatic carbocycles. The fourth-order valence-electron chi connectivity index (χ4n) is 4.90. The highest BCUT2D eigenvalue weighted by Crippen LogP contribution is 2.27. The summed E-state index contributed by atoms with van der Waals surface area (Å²) in [4.78, 5) is 98.7. The molecule has 4 atom stereocenters. The van der Waals surface area contributed by atoms with E-state index in [1.54, 1.807) is 0 Å². The summed E-state index contributed by atoms with van der Waals surface area (Å²) < 4.78 is 48.9. The van der Waals surface area contributed by atoms with Crippen LogP contribution in [0.4, 0.5) is 0 Å². The van der Waals surface area contributed by atoms with E-state index in [0.29, 0.717) is 32.1 Å². The second kappa shape index (κ2) is 29.0. The van der Waals surface area contributed by atoms with Gasteiger partial charge >= 0.3 is 47.8 Å². The van der Waals surface area contributed by atoms with Crippen molar-refractivity contribution in [2.45, 2.75) is 129 Å². The number of hydrogen-bond acceptors (Lipinski definition) is 17. The summed E-state index contributed by atoms with van der Waals surface area (Å²) in [5.74, 6) is -5.05. The lowest BCUT2D eigenvalue weighted by Crippen LogP contribution is -2.59. The van der Waals surface area contributed by atoms with Crippen molar-refractivity contribution >= 4 is 47.8 Å². The number of rotatable bonds is 29. The highest BCUT2D eigenvalue weighted by molar-refractivity contribution is 5.88. The minimum atomic E-state index is -1.41. The van der Waals surface area contributed by atoms with Gasteiger partial charge in [-0.05, 0) is 79.1 Å². The zero-order valence-corrected chi connectivity index (χ0v) is 34.8.